The summed E-state index contributed by atoms with van der Waals surface area (Å²) >= 11 is 0. The van der Waals surface area contributed by atoms with E-state index in [1.807, 2.05) is 13.0 Å². The van der Waals surface area contributed by atoms with Crippen LogP contribution in [0.3, 0.4) is 0 Å². The maximum atomic E-state index is 8.54. The van der Waals surface area contributed by atoms with Crippen LogP contribution >= 0.6 is 0 Å². The number of aryl methyl sites for hydroxylation is 1. The minimum Gasteiger partial charge on any atom is -0.191 e. The van der Waals surface area contributed by atoms with E-state index in [0.29, 0.717) is 5.82 Å². The summed E-state index contributed by atoms with van der Waals surface area (Å²) in [6.07, 6.45) is 1.38. The van der Waals surface area contributed by atoms with E-state index in [4.69, 9.17) is 5.26 Å². The fourth-order valence-electron chi connectivity index (χ4n) is 0.923. The van der Waals surface area contributed by atoms with E-state index in [1.54, 1.807) is 12.1 Å². The van der Waals surface area contributed by atoms with Gasteiger partial charge in [0.05, 0.1) is 11.9 Å². The summed E-state index contributed by atoms with van der Waals surface area (Å²) in [4.78, 5) is 1.27. The van der Waals surface area contributed by atoms with Crippen molar-refractivity contribution in [3.8, 4) is 11.9 Å². The van der Waals surface area contributed by atoms with Gasteiger partial charge >= 0.3 is 0 Å². The van der Waals surface area contributed by atoms with Gasteiger partial charge in [-0.3, -0.25) is 0 Å². The highest BCUT2D eigenvalue weighted by atomic mass is 15.5. The van der Waals surface area contributed by atoms with Crippen LogP contribution < -0.4 is 0 Å². The molecular formula is C8H6N6. The highest BCUT2D eigenvalue weighted by Gasteiger charge is 2.02. The van der Waals surface area contributed by atoms with E-state index in [0.717, 1.165) is 5.69 Å². The van der Waals surface area contributed by atoms with E-state index < -0.39 is 0 Å². The quantitative estimate of drug-likeness (QED) is 0.637. The van der Waals surface area contributed by atoms with Crippen molar-refractivity contribution in [1.82, 2.24) is 25.2 Å². The lowest BCUT2D eigenvalue weighted by Crippen LogP contribution is -2.03. The van der Waals surface area contributed by atoms with Gasteiger partial charge in [0.2, 0.25) is 0 Å². The second-order valence-electron chi connectivity index (χ2n) is 2.66. The van der Waals surface area contributed by atoms with Gasteiger partial charge in [-0.05, 0) is 19.1 Å². The lowest BCUT2D eigenvalue weighted by atomic mass is 10.4. The number of hydrogen-bond acceptors (Lipinski definition) is 5. The van der Waals surface area contributed by atoms with Gasteiger partial charge in [-0.1, -0.05) is 0 Å². The van der Waals surface area contributed by atoms with Crippen molar-refractivity contribution in [3.05, 3.63) is 29.7 Å². The van der Waals surface area contributed by atoms with Crippen LogP contribution in [0.15, 0.2) is 18.3 Å². The smallest absolute Gasteiger partial charge is 0.191 e. The first kappa shape index (κ1) is 8.31. The summed E-state index contributed by atoms with van der Waals surface area (Å²) in [5.41, 5.74) is 1.08. The Balaban J connectivity index is 2.40. The van der Waals surface area contributed by atoms with Crippen molar-refractivity contribution < 1.29 is 0 Å². The van der Waals surface area contributed by atoms with Gasteiger partial charge in [-0.15, -0.1) is 15.0 Å². The largest absolute Gasteiger partial charge is 0.196 e. The Morgan fingerprint density at radius 2 is 2.21 bits per heavy atom. The molecule has 14 heavy (non-hydrogen) atoms. The Kier molecular flexibility index (Phi) is 1.91. The van der Waals surface area contributed by atoms with Crippen molar-refractivity contribution in [2.45, 2.75) is 6.92 Å². The third kappa shape index (κ3) is 1.43. The standard InChI is InChI=1S/C8H6N6/c1-6-2-3-8(12-11-6)14-10-5-7(4-9)13-14/h2-3,5H,1H3. The summed E-state index contributed by atoms with van der Waals surface area (Å²) in [7, 11) is 0. The maximum Gasteiger partial charge on any atom is 0.196 e. The molecule has 0 fully saturated rings. The Labute approximate surface area is 79.8 Å². The molecule has 2 rings (SSSR count). The molecule has 0 saturated carbocycles. The molecule has 0 aliphatic heterocycles. The van der Waals surface area contributed by atoms with Crippen molar-refractivity contribution in [3.63, 3.8) is 0 Å². The van der Waals surface area contributed by atoms with Gasteiger partial charge in [-0.2, -0.15) is 15.5 Å². The number of nitriles is 1. The van der Waals surface area contributed by atoms with Gasteiger partial charge in [0.25, 0.3) is 0 Å². The Bertz CT molecular complexity index is 477. The van der Waals surface area contributed by atoms with Crippen LogP contribution in [-0.4, -0.2) is 25.2 Å². The Morgan fingerprint density at radius 3 is 2.79 bits per heavy atom. The molecule has 2 aromatic rings. The van der Waals surface area contributed by atoms with Crippen LogP contribution in [0.1, 0.15) is 11.4 Å². The molecule has 0 aliphatic carbocycles. The lowest BCUT2D eigenvalue weighted by Gasteiger charge is -1.95. The van der Waals surface area contributed by atoms with E-state index in [-0.39, 0.29) is 5.69 Å². The molecule has 0 spiro atoms. The first-order valence-corrected chi connectivity index (χ1v) is 3.93. The number of aromatic nitrogens is 5. The average Bonchev–Trinajstić information content (AvgIpc) is 2.67. The molecule has 0 atom stereocenters. The normalized spacial score (nSPS) is 9.71. The molecule has 6 heteroatoms. The molecule has 0 amide bonds. The van der Waals surface area contributed by atoms with Gasteiger partial charge < -0.3 is 0 Å². The van der Waals surface area contributed by atoms with E-state index >= 15 is 0 Å². The van der Waals surface area contributed by atoms with Gasteiger partial charge in [0.1, 0.15) is 6.07 Å². The first-order chi connectivity index (χ1) is 6.79. The second kappa shape index (κ2) is 3.22. The fraction of sp³-hybridized carbons (Fsp3) is 0.125. The van der Waals surface area contributed by atoms with E-state index in [9.17, 15) is 0 Å². The molecule has 68 valence electrons. The summed E-state index contributed by atoms with van der Waals surface area (Å²) in [5, 5.41) is 24.0. The summed E-state index contributed by atoms with van der Waals surface area (Å²) in [6, 6.07) is 5.43. The van der Waals surface area contributed by atoms with Crippen LogP contribution in [-0.2, 0) is 0 Å². The monoisotopic (exact) mass is 186 g/mol. The van der Waals surface area contributed by atoms with Crippen molar-refractivity contribution >= 4 is 0 Å². The molecule has 0 unspecified atom stereocenters. The SMILES string of the molecule is Cc1ccc(-n2ncc(C#N)n2)nn1. The summed E-state index contributed by atoms with van der Waals surface area (Å²) in [6.45, 7) is 1.84. The zero-order valence-electron chi connectivity index (χ0n) is 7.42. The molecule has 0 aromatic carbocycles. The van der Waals surface area contributed by atoms with Crippen LogP contribution in [0.5, 0.6) is 0 Å². The van der Waals surface area contributed by atoms with Crippen LogP contribution in [0.2, 0.25) is 0 Å². The van der Waals surface area contributed by atoms with Crippen molar-refractivity contribution in [2.24, 2.45) is 0 Å². The minimum atomic E-state index is 0.257. The minimum absolute atomic E-state index is 0.257. The lowest BCUT2D eigenvalue weighted by molar-refractivity contribution is 0.708. The third-order valence-corrected chi connectivity index (χ3v) is 1.60. The summed E-state index contributed by atoms with van der Waals surface area (Å²) < 4.78 is 0. The number of hydrogen-bond donors (Lipinski definition) is 0. The van der Waals surface area contributed by atoms with E-state index in [1.165, 1.54) is 11.0 Å². The second-order valence-corrected chi connectivity index (χ2v) is 2.66. The van der Waals surface area contributed by atoms with Crippen LogP contribution in [0.4, 0.5) is 0 Å². The van der Waals surface area contributed by atoms with Gasteiger partial charge in [-0.25, -0.2) is 0 Å². The predicted molar refractivity (Wildman–Crippen MR) is 46.4 cm³/mol. The molecule has 2 aromatic heterocycles. The molecule has 0 radical (unpaired) electrons. The summed E-state index contributed by atoms with van der Waals surface area (Å²) in [5.74, 6) is 0.497. The molecule has 0 bridgehead atoms. The Morgan fingerprint density at radius 1 is 1.36 bits per heavy atom. The predicted octanol–water partition coefficient (Wildman–Crippen LogP) is 0.237. The van der Waals surface area contributed by atoms with Crippen LogP contribution in [0, 0.1) is 18.3 Å². The molecule has 2 heterocycles. The van der Waals surface area contributed by atoms with Crippen molar-refractivity contribution in [2.75, 3.05) is 0 Å². The fourth-order valence-corrected chi connectivity index (χ4v) is 0.923. The molecule has 0 aliphatic rings. The third-order valence-electron chi connectivity index (χ3n) is 1.60. The van der Waals surface area contributed by atoms with Crippen molar-refractivity contribution in [1.29, 1.82) is 5.26 Å². The number of rotatable bonds is 1. The van der Waals surface area contributed by atoms with Gasteiger partial charge in [0.15, 0.2) is 11.5 Å². The number of nitrogens with zero attached hydrogens (tertiary/aromatic N) is 6. The van der Waals surface area contributed by atoms with Crippen LogP contribution in [0.25, 0.3) is 5.82 Å². The highest BCUT2D eigenvalue weighted by Crippen LogP contribution is 2.00. The Hall–Kier alpha value is -2.29. The first-order valence-electron chi connectivity index (χ1n) is 3.93. The zero-order chi connectivity index (χ0) is 9.97. The maximum absolute atomic E-state index is 8.54. The highest BCUT2D eigenvalue weighted by molar-refractivity contribution is 5.20. The molecule has 0 saturated heterocycles. The topological polar surface area (TPSA) is 80.3 Å². The average molecular weight is 186 g/mol. The van der Waals surface area contributed by atoms with E-state index in [2.05, 4.69) is 20.4 Å². The molecule has 0 N–H and O–H groups in total. The van der Waals surface area contributed by atoms with Gasteiger partial charge in [0, 0.05) is 0 Å². The molecule has 6 nitrogen and oxygen atoms in total. The molecular weight excluding hydrogens is 180 g/mol. The zero-order valence-corrected chi connectivity index (χ0v) is 7.42.